The Morgan fingerprint density at radius 1 is 1.04 bits per heavy atom. The highest BCUT2D eigenvalue weighted by molar-refractivity contribution is 6.06. The molecule has 0 bridgehead atoms. The number of carbonyl (C=O) groups excluding carboxylic acids is 1. The zero-order valence-corrected chi connectivity index (χ0v) is 12.3. The molecule has 8 nitrogen and oxygen atoms in total. The van der Waals surface area contributed by atoms with E-state index in [4.69, 9.17) is 0 Å². The number of aromatic amines is 1. The van der Waals surface area contributed by atoms with E-state index in [1.165, 1.54) is 6.20 Å². The van der Waals surface area contributed by atoms with Crippen LogP contribution in [-0.4, -0.2) is 36.0 Å². The lowest BCUT2D eigenvalue weighted by molar-refractivity contribution is 0.102. The van der Waals surface area contributed by atoms with Gasteiger partial charge in [0.05, 0.1) is 17.5 Å². The minimum Gasteiger partial charge on any atom is -0.305 e. The van der Waals surface area contributed by atoms with E-state index in [1.54, 1.807) is 36.9 Å². The fraction of sp³-hybridized carbons (Fsp3) is 0. The molecule has 0 spiro atoms. The highest BCUT2D eigenvalue weighted by Gasteiger charge is 2.14. The van der Waals surface area contributed by atoms with Gasteiger partial charge in [0.2, 0.25) is 5.65 Å². The van der Waals surface area contributed by atoms with Crippen molar-refractivity contribution >= 4 is 22.9 Å². The summed E-state index contributed by atoms with van der Waals surface area (Å²) < 4.78 is 0. The monoisotopic (exact) mass is 317 g/mol. The van der Waals surface area contributed by atoms with Crippen molar-refractivity contribution in [3.63, 3.8) is 0 Å². The zero-order valence-electron chi connectivity index (χ0n) is 12.3. The Morgan fingerprint density at radius 3 is 2.62 bits per heavy atom. The summed E-state index contributed by atoms with van der Waals surface area (Å²) in [7, 11) is 0. The Balaban J connectivity index is 1.70. The molecule has 0 aromatic carbocycles. The number of nitrogens with one attached hydrogen (secondary N) is 2. The molecule has 0 saturated heterocycles. The highest BCUT2D eigenvalue weighted by atomic mass is 16.1. The number of pyridine rings is 2. The van der Waals surface area contributed by atoms with Crippen LogP contribution in [0.15, 0.2) is 55.2 Å². The van der Waals surface area contributed by atoms with E-state index >= 15 is 0 Å². The van der Waals surface area contributed by atoms with Crippen molar-refractivity contribution in [1.82, 2.24) is 30.1 Å². The molecule has 4 rings (SSSR count). The molecule has 24 heavy (non-hydrogen) atoms. The summed E-state index contributed by atoms with van der Waals surface area (Å²) in [5, 5.41) is 9.55. The van der Waals surface area contributed by atoms with Gasteiger partial charge in [-0.2, -0.15) is 5.10 Å². The molecule has 2 N–H and O–H groups in total. The van der Waals surface area contributed by atoms with Crippen molar-refractivity contribution < 1.29 is 4.79 Å². The fourth-order valence-corrected chi connectivity index (χ4v) is 2.22. The maximum absolute atomic E-state index is 12.3. The molecule has 0 fully saturated rings. The smallest absolute Gasteiger partial charge is 0.258 e. The van der Waals surface area contributed by atoms with Crippen LogP contribution in [0.3, 0.4) is 0 Å². The lowest BCUT2D eigenvalue weighted by Gasteiger charge is -2.03. The minimum atomic E-state index is -0.303. The second kappa shape index (κ2) is 5.84. The molecule has 116 valence electrons. The van der Waals surface area contributed by atoms with E-state index in [0.717, 1.165) is 5.56 Å². The third-order valence-corrected chi connectivity index (χ3v) is 3.38. The van der Waals surface area contributed by atoms with Crippen LogP contribution in [0.1, 0.15) is 10.4 Å². The van der Waals surface area contributed by atoms with Crippen LogP contribution in [0.5, 0.6) is 0 Å². The summed E-state index contributed by atoms with van der Waals surface area (Å²) in [5.74, 6) is 0.0827. The van der Waals surface area contributed by atoms with Gasteiger partial charge in [-0.05, 0) is 24.3 Å². The Bertz CT molecular complexity index is 999. The number of hydrogen-bond acceptors (Lipinski definition) is 6. The molecule has 8 heteroatoms. The second-order valence-corrected chi connectivity index (χ2v) is 4.96. The summed E-state index contributed by atoms with van der Waals surface area (Å²) >= 11 is 0. The summed E-state index contributed by atoms with van der Waals surface area (Å²) in [6.07, 6.45) is 8.10. The van der Waals surface area contributed by atoms with Crippen molar-refractivity contribution in [3.05, 3.63) is 60.8 Å². The van der Waals surface area contributed by atoms with E-state index in [0.29, 0.717) is 28.2 Å². The van der Waals surface area contributed by atoms with Crippen molar-refractivity contribution in [3.8, 4) is 11.3 Å². The molecular formula is C16H11N7O. The number of nitrogens with zero attached hydrogens (tertiary/aromatic N) is 5. The largest absolute Gasteiger partial charge is 0.305 e. The van der Waals surface area contributed by atoms with Crippen molar-refractivity contribution in [2.45, 2.75) is 0 Å². The van der Waals surface area contributed by atoms with Crippen LogP contribution >= 0.6 is 0 Å². The molecule has 0 aliphatic rings. The first-order valence-corrected chi connectivity index (χ1v) is 7.14. The van der Waals surface area contributed by atoms with Crippen molar-refractivity contribution in [1.29, 1.82) is 0 Å². The van der Waals surface area contributed by atoms with E-state index in [9.17, 15) is 4.79 Å². The van der Waals surface area contributed by atoms with E-state index in [2.05, 4.69) is 35.5 Å². The first-order chi connectivity index (χ1) is 11.8. The quantitative estimate of drug-likeness (QED) is 0.598. The van der Waals surface area contributed by atoms with E-state index in [-0.39, 0.29) is 5.91 Å². The Kier molecular flexibility index (Phi) is 3.39. The van der Waals surface area contributed by atoms with Gasteiger partial charge in [0.1, 0.15) is 0 Å². The van der Waals surface area contributed by atoms with Crippen LogP contribution in [0.2, 0.25) is 0 Å². The van der Waals surface area contributed by atoms with Crippen molar-refractivity contribution in [2.75, 3.05) is 5.32 Å². The van der Waals surface area contributed by atoms with Crippen LogP contribution < -0.4 is 5.32 Å². The van der Waals surface area contributed by atoms with E-state index < -0.39 is 0 Å². The van der Waals surface area contributed by atoms with Gasteiger partial charge in [-0.3, -0.25) is 19.9 Å². The third kappa shape index (κ3) is 2.56. The fourth-order valence-electron chi connectivity index (χ4n) is 2.22. The number of rotatable bonds is 3. The van der Waals surface area contributed by atoms with Gasteiger partial charge in [-0.25, -0.2) is 9.97 Å². The maximum atomic E-state index is 12.3. The number of anilines is 1. The van der Waals surface area contributed by atoms with Gasteiger partial charge in [0.25, 0.3) is 5.91 Å². The number of amides is 1. The Hall–Kier alpha value is -3.68. The van der Waals surface area contributed by atoms with Crippen LogP contribution in [0.25, 0.3) is 22.4 Å². The normalized spacial score (nSPS) is 10.7. The second-order valence-electron chi connectivity index (χ2n) is 4.96. The van der Waals surface area contributed by atoms with Crippen LogP contribution in [-0.2, 0) is 0 Å². The number of H-pyrrole nitrogens is 1. The Labute approximate surface area is 136 Å². The molecule has 4 heterocycles. The molecule has 0 atom stereocenters. The summed E-state index contributed by atoms with van der Waals surface area (Å²) in [6.45, 7) is 0. The molecule has 0 radical (unpaired) electrons. The van der Waals surface area contributed by atoms with E-state index in [1.807, 2.05) is 12.1 Å². The van der Waals surface area contributed by atoms with Gasteiger partial charge in [-0.1, -0.05) is 0 Å². The predicted molar refractivity (Wildman–Crippen MR) is 87.1 cm³/mol. The number of carbonyl (C=O) groups is 1. The molecule has 0 unspecified atom stereocenters. The number of fused-ring (bicyclic) bond motifs is 1. The molecule has 4 aromatic heterocycles. The topological polar surface area (TPSA) is 109 Å². The third-order valence-electron chi connectivity index (χ3n) is 3.38. The van der Waals surface area contributed by atoms with Gasteiger partial charge < -0.3 is 5.32 Å². The van der Waals surface area contributed by atoms with Gasteiger partial charge in [-0.15, -0.1) is 0 Å². The van der Waals surface area contributed by atoms with Crippen molar-refractivity contribution in [2.24, 2.45) is 0 Å². The SMILES string of the molecule is O=C(Nc1[nH]nc2ncc(-c3cccnc3)nc12)c1cccnc1. The highest BCUT2D eigenvalue weighted by Crippen LogP contribution is 2.21. The van der Waals surface area contributed by atoms with Crippen LogP contribution in [0.4, 0.5) is 5.82 Å². The molecule has 4 aromatic rings. The number of hydrogen-bond donors (Lipinski definition) is 2. The first-order valence-electron chi connectivity index (χ1n) is 7.14. The average molecular weight is 317 g/mol. The standard InChI is InChI=1S/C16H11N7O/c24-16(11-4-2-6-18-8-11)21-15-13-14(22-23-15)19-9-12(20-13)10-3-1-5-17-7-10/h1-9H,(H2,19,21,22,23,24). The van der Waals surface area contributed by atoms with Gasteiger partial charge >= 0.3 is 0 Å². The summed E-state index contributed by atoms with van der Waals surface area (Å²) in [6, 6.07) is 7.08. The lowest BCUT2D eigenvalue weighted by atomic mass is 10.2. The molecule has 0 aliphatic carbocycles. The maximum Gasteiger partial charge on any atom is 0.258 e. The Morgan fingerprint density at radius 2 is 1.88 bits per heavy atom. The summed E-state index contributed by atoms with van der Waals surface area (Å²) in [4.78, 5) is 29.0. The molecule has 0 aliphatic heterocycles. The first kappa shape index (κ1) is 13.9. The molecule has 0 saturated carbocycles. The predicted octanol–water partition coefficient (Wildman–Crippen LogP) is 2.06. The molecule has 1 amide bonds. The summed E-state index contributed by atoms with van der Waals surface area (Å²) in [5.41, 5.74) is 2.82. The number of aromatic nitrogens is 6. The minimum absolute atomic E-state index is 0.303. The lowest BCUT2D eigenvalue weighted by Crippen LogP contribution is -2.12. The van der Waals surface area contributed by atoms with Gasteiger partial charge in [0.15, 0.2) is 11.3 Å². The zero-order chi connectivity index (χ0) is 16.4. The van der Waals surface area contributed by atoms with Crippen LogP contribution in [0, 0.1) is 0 Å². The van der Waals surface area contributed by atoms with Gasteiger partial charge in [0, 0.05) is 30.4 Å². The molecular weight excluding hydrogens is 306 g/mol. The average Bonchev–Trinajstić information content (AvgIpc) is 3.05.